The number of hydrogen-bond donors (Lipinski definition) is 1. The molecule has 0 heterocycles. The molecule has 0 aromatic heterocycles. The van der Waals surface area contributed by atoms with E-state index in [2.05, 4.69) is 13.8 Å². The molecule has 0 aliphatic heterocycles. The molecule has 84 valence electrons. The van der Waals surface area contributed by atoms with Gasteiger partial charge in [-0.1, -0.05) is 39.0 Å². The predicted octanol–water partition coefficient (Wildman–Crippen LogP) is 2.49. The molecule has 1 unspecified atom stereocenters. The van der Waals surface area contributed by atoms with Crippen molar-refractivity contribution < 1.29 is 9.90 Å². The van der Waals surface area contributed by atoms with Gasteiger partial charge in [-0.05, 0) is 17.8 Å². The largest absolute Gasteiger partial charge is 0.396 e. The highest BCUT2D eigenvalue weighted by molar-refractivity contribution is 5.99. The van der Waals surface area contributed by atoms with Crippen LogP contribution in [0, 0.1) is 11.3 Å². The summed E-state index contributed by atoms with van der Waals surface area (Å²) in [6, 6.07) is 0. The zero-order valence-corrected chi connectivity index (χ0v) is 9.79. The summed E-state index contributed by atoms with van der Waals surface area (Å²) in [7, 11) is 0. The fourth-order valence-electron chi connectivity index (χ4n) is 1.60. The summed E-state index contributed by atoms with van der Waals surface area (Å²) in [4.78, 5) is 11.7. The molecule has 0 aromatic carbocycles. The van der Waals surface area contributed by atoms with Crippen LogP contribution in [0.4, 0.5) is 0 Å². The predicted molar refractivity (Wildman–Crippen MR) is 61.5 cm³/mol. The number of allylic oxidation sites excluding steroid dienone is 3. The van der Waals surface area contributed by atoms with Gasteiger partial charge < -0.3 is 5.11 Å². The van der Waals surface area contributed by atoms with E-state index in [1.807, 2.05) is 25.2 Å². The fraction of sp³-hybridized carbons (Fsp3) is 0.615. The second-order valence-electron chi connectivity index (χ2n) is 5.15. The summed E-state index contributed by atoms with van der Waals surface area (Å²) in [5.41, 5.74) is 0.909. The fourth-order valence-corrected chi connectivity index (χ4v) is 1.60. The monoisotopic (exact) mass is 208 g/mol. The van der Waals surface area contributed by atoms with E-state index in [0.29, 0.717) is 6.42 Å². The molecule has 0 aromatic rings. The number of aliphatic hydroxyl groups is 1. The summed E-state index contributed by atoms with van der Waals surface area (Å²) in [6.45, 7) is 6.27. The van der Waals surface area contributed by atoms with E-state index >= 15 is 0 Å². The lowest BCUT2D eigenvalue weighted by Crippen LogP contribution is -2.21. The lowest BCUT2D eigenvalue weighted by molar-refractivity contribution is -0.117. The Hall–Kier alpha value is -0.890. The Morgan fingerprint density at radius 2 is 2.27 bits per heavy atom. The van der Waals surface area contributed by atoms with Crippen LogP contribution < -0.4 is 0 Å². The maximum absolute atomic E-state index is 11.7. The van der Waals surface area contributed by atoms with Gasteiger partial charge in [0.1, 0.15) is 0 Å². The molecule has 1 aliphatic carbocycles. The summed E-state index contributed by atoms with van der Waals surface area (Å²) < 4.78 is 0. The lowest BCUT2D eigenvalue weighted by Gasteiger charge is -2.26. The Morgan fingerprint density at radius 1 is 1.60 bits per heavy atom. The average Bonchev–Trinajstić information content (AvgIpc) is 2.15. The molecule has 0 saturated carbocycles. The molecule has 0 saturated heterocycles. The summed E-state index contributed by atoms with van der Waals surface area (Å²) in [5.74, 6) is 0.335. The van der Waals surface area contributed by atoms with Crippen molar-refractivity contribution >= 4 is 5.78 Å². The molecule has 1 rings (SSSR count). The highest BCUT2D eigenvalue weighted by Crippen LogP contribution is 2.32. The smallest absolute Gasteiger partial charge is 0.163 e. The minimum atomic E-state index is 0.108. The number of carbonyl (C=O) groups excluding carboxylic acids is 1. The van der Waals surface area contributed by atoms with Crippen molar-refractivity contribution in [2.75, 3.05) is 6.61 Å². The minimum Gasteiger partial charge on any atom is -0.396 e. The van der Waals surface area contributed by atoms with Crippen LogP contribution in [-0.2, 0) is 4.79 Å². The number of carbonyl (C=O) groups is 1. The third kappa shape index (κ3) is 3.63. The van der Waals surface area contributed by atoms with E-state index in [-0.39, 0.29) is 23.7 Å². The van der Waals surface area contributed by atoms with Crippen LogP contribution in [0.1, 0.15) is 33.6 Å². The van der Waals surface area contributed by atoms with Gasteiger partial charge in [-0.3, -0.25) is 4.79 Å². The maximum atomic E-state index is 11.7. The van der Waals surface area contributed by atoms with Crippen LogP contribution in [0.25, 0.3) is 0 Å². The number of ketones is 1. The highest BCUT2D eigenvalue weighted by atomic mass is 16.3. The highest BCUT2D eigenvalue weighted by Gasteiger charge is 2.26. The summed E-state index contributed by atoms with van der Waals surface area (Å²) >= 11 is 0. The van der Waals surface area contributed by atoms with Crippen molar-refractivity contribution in [1.82, 2.24) is 0 Å². The quantitative estimate of drug-likeness (QED) is 0.773. The second-order valence-corrected chi connectivity index (χ2v) is 5.15. The van der Waals surface area contributed by atoms with Gasteiger partial charge in [0.15, 0.2) is 5.78 Å². The first kappa shape index (κ1) is 12.2. The van der Waals surface area contributed by atoms with Crippen molar-refractivity contribution in [3.8, 4) is 0 Å². The molecule has 0 fully saturated rings. The average molecular weight is 208 g/mol. The van der Waals surface area contributed by atoms with Crippen LogP contribution in [0.3, 0.4) is 0 Å². The molecule has 15 heavy (non-hydrogen) atoms. The first-order valence-corrected chi connectivity index (χ1v) is 5.47. The first-order valence-electron chi connectivity index (χ1n) is 5.47. The van der Waals surface area contributed by atoms with Crippen LogP contribution in [0.2, 0.25) is 0 Å². The SMILES string of the molecule is CC(C=CC1=CCC(C)(C)CC1=O)CO. The van der Waals surface area contributed by atoms with Gasteiger partial charge >= 0.3 is 0 Å². The van der Waals surface area contributed by atoms with Gasteiger partial charge in [-0.15, -0.1) is 0 Å². The normalized spacial score (nSPS) is 22.9. The van der Waals surface area contributed by atoms with Gasteiger partial charge in [-0.25, -0.2) is 0 Å². The first-order chi connectivity index (χ1) is 6.94. The van der Waals surface area contributed by atoms with Crippen LogP contribution in [0.15, 0.2) is 23.8 Å². The second kappa shape index (κ2) is 4.75. The summed E-state index contributed by atoms with van der Waals surface area (Å²) in [6.07, 6.45) is 7.32. The van der Waals surface area contributed by atoms with E-state index < -0.39 is 0 Å². The molecular weight excluding hydrogens is 188 g/mol. The Balaban J connectivity index is 2.68. The van der Waals surface area contributed by atoms with Crippen LogP contribution in [-0.4, -0.2) is 17.5 Å². The topological polar surface area (TPSA) is 37.3 Å². The van der Waals surface area contributed by atoms with Crippen molar-refractivity contribution in [2.45, 2.75) is 33.6 Å². The third-order valence-electron chi connectivity index (χ3n) is 2.73. The molecule has 1 N–H and O–H groups in total. The number of rotatable bonds is 3. The molecule has 0 radical (unpaired) electrons. The van der Waals surface area contributed by atoms with E-state index in [4.69, 9.17) is 5.11 Å². The van der Waals surface area contributed by atoms with Gasteiger partial charge in [0.05, 0.1) is 0 Å². The van der Waals surface area contributed by atoms with Gasteiger partial charge in [-0.2, -0.15) is 0 Å². The molecular formula is C13H20O2. The van der Waals surface area contributed by atoms with Crippen molar-refractivity contribution in [3.05, 3.63) is 23.8 Å². The van der Waals surface area contributed by atoms with Crippen molar-refractivity contribution in [2.24, 2.45) is 11.3 Å². The van der Waals surface area contributed by atoms with Gasteiger partial charge in [0.2, 0.25) is 0 Å². The Labute approximate surface area is 91.7 Å². The van der Waals surface area contributed by atoms with Crippen molar-refractivity contribution in [3.63, 3.8) is 0 Å². The van der Waals surface area contributed by atoms with Crippen LogP contribution >= 0.6 is 0 Å². The zero-order chi connectivity index (χ0) is 11.5. The zero-order valence-electron chi connectivity index (χ0n) is 9.79. The molecule has 2 heteroatoms. The molecule has 0 bridgehead atoms. The van der Waals surface area contributed by atoms with Crippen molar-refractivity contribution in [1.29, 1.82) is 0 Å². The number of hydrogen-bond acceptors (Lipinski definition) is 2. The van der Waals surface area contributed by atoms with E-state index in [1.165, 1.54) is 0 Å². The summed E-state index contributed by atoms with van der Waals surface area (Å²) in [5, 5.41) is 8.86. The third-order valence-corrected chi connectivity index (χ3v) is 2.73. The number of Topliss-reactive ketones (excluding diaryl/α,β-unsaturated/α-hetero) is 1. The maximum Gasteiger partial charge on any atom is 0.163 e. The Kier molecular flexibility index (Phi) is 3.86. The van der Waals surface area contributed by atoms with Gasteiger partial charge in [0, 0.05) is 18.6 Å². The Morgan fingerprint density at radius 3 is 2.80 bits per heavy atom. The van der Waals surface area contributed by atoms with E-state index in [0.717, 1.165) is 12.0 Å². The number of aliphatic hydroxyl groups excluding tert-OH is 1. The molecule has 0 amide bonds. The van der Waals surface area contributed by atoms with Crippen LogP contribution in [0.5, 0.6) is 0 Å². The molecule has 0 spiro atoms. The van der Waals surface area contributed by atoms with E-state index in [9.17, 15) is 4.79 Å². The molecule has 2 nitrogen and oxygen atoms in total. The van der Waals surface area contributed by atoms with Gasteiger partial charge in [0.25, 0.3) is 0 Å². The Bertz CT molecular complexity index is 298. The van der Waals surface area contributed by atoms with E-state index in [1.54, 1.807) is 0 Å². The molecule has 1 aliphatic rings. The lowest BCUT2D eigenvalue weighted by atomic mass is 9.77. The standard InChI is InChI=1S/C13H20O2/c1-10(9-14)4-5-11-6-7-13(2,3)8-12(11)15/h4-6,10,14H,7-9H2,1-3H3. The molecule has 1 atom stereocenters. The minimum absolute atomic E-state index is 0.108.